The van der Waals surface area contributed by atoms with Gasteiger partial charge in [0.1, 0.15) is 11.4 Å². The Hall–Kier alpha value is -3.93. The maximum Gasteiger partial charge on any atom is 0.254 e. The van der Waals surface area contributed by atoms with Crippen LogP contribution in [0.3, 0.4) is 0 Å². The number of ether oxygens (including phenoxy) is 4. The lowest BCUT2D eigenvalue weighted by Gasteiger charge is -2.42. The van der Waals surface area contributed by atoms with Crippen LogP contribution < -0.4 is 18.9 Å². The Morgan fingerprint density at radius 2 is 1.54 bits per heavy atom. The maximum absolute atomic E-state index is 13.3. The van der Waals surface area contributed by atoms with Crippen molar-refractivity contribution in [3.63, 3.8) is 0 Å². The molecule has 5 rings (SSSR count). The second-order valence-electron chi connectivity index (χ2n) is 8.83. The normalized spacial score (nSPS) is 15.8. The van der Waals surface area contributed by atoms with Crippen LogP contribution in [0.5, 0.6) is 23.0 Å². The van der Waals surface area contributed by atoms with Gasteiger partial charge in [-0.2, -0.15) is 0 Å². The van der Waals surface area contributed by atoms with Gasteiger partial charge in [-0.3, -0.25) is 4.79 Å². The van der Waals surface area contributed by atoms with E-state index in [9.17, 15) is 4.79 Å². The minimum Gasteiger partial charge on any atom is -0.493 e. The fourth-order valence-electron chi connectivity index (χ4n) is 4.82. The van der Waals surface area contributed by atoms with Crippen LogP contribution in [0.1, 0.15) is 28.8 Å². The van der Waals surface area contributed by atoms with Gasteiger partial charge < -0.3 is 23.8 Å². The molecule has 0 unspecified atom stereocenters. The van der Waals surface area contributed by atoms with E-state index in [4.69, 9.17) is 18.9 Å². The molecule has 0 radical (unpaired) electrons. The molecule has 0 bridgehead atoms. The number of nitrogens with zero attached hydrogens (tertiary/aromatic N) is 1. The standard InChI is InChI=1S/C29H29NO5/c1-32-25-18-23(19-26(33-2)27(25)34-3)28(31)30-15-13-29(14-16-30)12-11-22-17-21(9-10-24(22)35-29)20-7-5-4-6-8-20/h4-12,17-19H,13-16H2,1-3H3. The molecule has 0 aliphatic carbocycles. The summed E-state index contributed by atoms with van der Waals surface area (Å²) in [7, 11) is 4.64. The first-order valence-corrected chi connectivity index (χ1v) is 11.7. The van der Waals surface area contributed by atoms with Crippen LogP contribution in [0.25, 0.3) is 17.2 Å². The van der Waals surface area contributed by atoms with Crippen molar-refractivity contribution in [2.75, 3.05) is 34.4 Å². The third kappa shape index (κ3) is 4.32. The predicted molar refractivity (Wildman–Crippen MR) is 136 cm³/mol. The Morgan fingerprint density at radius 3 is 2.17 bits per heavy atom. The van der Waals surface area contributed by atoms with Gasteiger partial charge in [-0.1, -0.05) is 42.5 Å². The van der Waals surface area contributed by atoms with Crippen molar-refractivity contribution >= 4 is 12.0 Å². The molecule has 3 aromatic rings. The molecule has 1 spiro atoms. The molecule has 35 heavy (non-hydrogen) atoms. The summed E-state index contributed by atoms with van der Waals surface area (Å²) in [6.07, 6.45) is 5.76. The number of carbonyl (C=O) groups is 1. The lowest BCUT2D eigenvalue weighted by atomic mass is 9.87. The minimum atomic E-state index is -0.396. The fourth-order valence-corrected chi connectivity index (χ4v) is 4.82. The highest BCUT2D eigenvalue weighted by atomic mass is 16.5. The second-order valence-corrected chi connectivity index (χ2v) is 8.83. The van der Waals surface area contributed by atoms with Gasteiger partial charge in [0, 0.05) is 37.1 Å². The molecule has 0 saturated carbocycles. The van der Waals surface area contributed by atoms with Gasteiger partial charge in [0.05, 0.1) is 21.3 Å². The van der Waals surface area contributed by atoms with Crippen molar-refractivity contribution in [1.82, 2.24) is 4.90 Å². The Kier molecular flexibility index (Phi) is 6.12. The van der Waals surface area contributed by atoms with Crippen LogP contribution in [-0.2, 0) is 0 Å². The molecular formula is C29H29NO5. The van der Waals surface area contributed by atoms with Crippen molar-refractivity contribution in [3.05, 3.63) is 77.9 Å². The molecule has 0 atom stereocenters. The van der Waals surface area contributed by atoms with Gasteiger partial charge in [0.25, 0.3) is 5.91 Å². The maximum atomic E-state index is 13.3. The summed E-state index contributed by atoms with van der Waals surface area (Å²) >= 11 is 0. The molecule has 0 N–H and O–H groups in total. The van der Waals surface area contributed by atoms with Gasteiger partial charge >= 0.3 is 0 Å². The van der Waals surface area contributed by atoms with Crippen LogP contribution in [-0.4, -0.2) is 50.8 Å². The Morgan fingerprint density at radius 1 is 0.857 bits per heavy atom. The highest BCUT2D eigenvalue weighted by molar-refractivity contribution is 5.95. The monoisotopic (exact) mass is 471 g/mol. The van der Waals surface area contributed by atoms with Crippen molar-refractivity contribution in [3.8, 4) is 34.1 Å². The Bertz CT molecular complexity index is 1230. The Balaban J connectivity index is 1.30. The molecule has 2 aliphatic heterocycles. The van der Waals surface area contributed by atoms with Crippen molar-refractivity contribution in [1.29, 1.82) is 0 Å². The van der Waals surface area contributed by atoms with Gasteiger partial charge in [0.15, 0.2) is 11.5 Å². The molecule has 6 heteroatoms. The quantitative estimate of drug-likeness (QED) is 0.495. The summed E-state index contributed by atoms with van der Waals surface area (Å²) in [5.41, 5.74) is 3.54. The van der Waals surface area contributed by atoms with E-state index in [0.29, 0.717) is 35.9 Å². The zero-order valence-electron chi connectivity index (χ0n) is 20.2. The molecule has 2 heterocycles. The molecule has 6 nitrogen and oxygen atoms in total. The second kappa shape index (κ2) is 9.37. The van der Waals surface area contributed by atoms with Crippen LogP contribution >= 0.6 is 0 Å². The predicted octanol–water partition coefficient (Wildman–Crippen LogP) is 5.46. The van der Waals surface area contributed by atoms with E-state index in [1.165, 1.54) is 11.1 Å². The molecule has 1 saturated heterocycles. The van der Waals surface area contributed by atoms with E-state index < -0.39 is 5.60 Å². The average molecular weight is 472 g/mol. The number of hydrogen-bond acceptors (Lipinski definition) is 5. The zero-order chi connectivity index (χ0) is 24.4. The van der Waals surface area contributed by atoms with Crippen molar-refractivity contribution in [2.45, 2.75) is 18.4 Å². The molecule has 1 fully saturated rings. The molecule has 3 aromatic carbocycles. The first-order valence-electron chi connectivity index (χ1n) is 11.7. The van der Waals surface area contributed by atoms with E-state index in [2.05, 4.69) is 42.5 Å². The van der Waals surface area contributed by atoms with Crippen molar-refractivity contribution < 1.29 is 23.7 Å². The van der Waals surface area contributed by atoms with Crippen LogP contribution in [0.15, 0.2) is 66.7 Å². The fraction of sp³-hybridized carbons (Fsp3) is 0.276. The number of fused-ring (bicyclic) bond motifs is 1. The zero-order valence-corrected chi connectivity index (χ0v) is 20.2. The first kappa shape index (κ1) is 22.8. The molecule has 1 amide bonds. The summed E-state index contributed by atoms with van der Waals surface area (Å²) in [6, 6.07) is 20.0. The summed E-state index contributed by atoms with van der Waals surface area (Å²) in [5, 5.41) is 0. The van der Waals surface area contributed by atoms with Gasteiger partial charge in [0.2, 0.25) is 5.75 Å². The number of methoxy groups -OCH3 is 3. The largest absolute Gasteiger partial charge is 0.493 e. The summed E-state index contributed by atoms with van der Waals surface area (Å²) in [5.74, 6) is 2.23. The number of hydrogen-bond donors (Lipinski definition) is 0. The average Bonchev–Trinajstić information content (AvgIpc) is 2.92. The number of piperidine rings is 1. The number of likely N-dealkylation sites (tertiary alicyclic amines) is 1. The SMILES string of the molecule is COc1cc(C(=O)N2CCC3(C=Cc4cc(-c5ccccc5)ccc4O3)CC2)cc(OC)c1OC. The minimum absolute atomic E-state index is 0.0632. The van der Waals surface area contributed by atoms with E-state index in [-0.39, 0.29) is 5.91 Å². The summed E-state index contributed by atoms with van der Waals surface area (Å²) in [6.45, 7) is 1.19. The van der Waals surface area contributed by atoms with Crippen molar-refractivity contribution in [2.24, 2.45) is 0 Å². The highest BCUT2D eigenvalue weighted by Gasteiger charge is 2.38. The van der Waals surface area contributed by atoms with Crippen LogP contribution in [0.4, 0.5) is 0 Å². The molecular weight excluding hydrogens is 442 g/mol. The van der Waals surface area contributed by atoms with Crippen LogP contribution in [0, 0.1) is 0 Å². The van der Waals surface area contributed by atoms with Crippen LogP contribution in [0.2, 0.25) is 0 Å². The van der Waals surface area contributed by atoms with Gasteiger partial charge in [-0.15, -0.1) is 0 Å². The van der Waals surface area contributed by atoms with E-state index in [1.807, 2.05) is 23.1 Å². The number of carbonyl (C=O) groups excluding carboxylic acids is 1. The number of amides is 1. The molecule has 180 valence electrons. The third-order valence-electron chi connectivity index (χ3n) is 6.81. The highest BCUT2D eigenvalue weighted by Crippen LogP contribution is 2.41. The number of rotatable bonds is 5. The van der Waals surface area contributed by atoms with E-state index >= 15 is 0 Å². The van der Waals surface area contributed by atoms with Gasteiger partial charge in [-0.05, 0) is 41.5 Å². The van der Waals surface area contributed by atoms with E-state index in [0.717, 1.165) is 24.2 Å². The number of benzene rings is 3. The Labute approximate surface area is 205 Å². The lowest BCUT2D eigenvalue weighted by molar-refractivity contribution is 0.0329. The summed E-state index contributed by atoms with van der Waals surface area (Å²) in [4.78, 5) is 15.2. The lowest BCUT2D eigenvalue weighted by Crippen LogP contribution is -2.49. The topological polar surface area (TPSA) is 57.2 Å². The summed E-state index contributed by atoms with van der Waals surface area (Å²) < 4.78 is 22.7. The molecule has 0 aromatic heterocycles. The third-order valence-corrected chi connectivity index (χ3v) is 6.81. The smallest absolute Gasteiger partial charge is 0.254 e. The first-order chi connectivity index (χ1) is 17.1. The van der Waals surface area contributed by atoms with E-state index in [1.54, 1.807) is 33.5 Å². The molecule has 2 aliphatic rings. The van der Waals surface area contributed by atoms with Gasteiger partial charge in [-0.25, -0.2) is 0 Å².